The van der Waals surface area contributed by atoms with Crippen LogP contribution in [0.2, 0.25) is 0 Å². The van der Waals surface area contributed by atoms with Crippen molar-refractivity contribution in [3.05, 3.63) is 23.7 Å². The van der Waals surface area contributed by atoms with Crippen molar-refractivity contribution in [1.82, 2.24) is 20.2 Å². The van der Waals surface area contributed by atoms with Crippen LogP contribution in [0.4, 0.5) is 17.5 Å². The first kappa shape index (κ1) is 11.9. The Bertz CT molecular complexity index is 808. The van der Waals surface area contributed by atoms with E-state index in [-0.39, 0.29) is 11.3 Å². The molecule has 0 unspecified atom stereocenters. The fraction of sp³-hybridized carbons (Fsp3) is 0.286. The quantitative estimate of drug-likeness (QED) is 0.721. The summed E-state index contributed by atoms with van der Waals surface area (Å²) in [5.41, 5.74) is 1.92. The molecule has 2 aromatic heterocycles. The number of fused-ring (bicyclic) bond motifs is 2. The molecule has 104 valence electrons. The molecule has 0 saturated heterocycles. The number of aromatic nitrogens is 4. The molecule has 0 atom stereocenters. The van der Waals surface area contributed by atoms with Gasteiger partial charge < -0.3 is 10.6 Å². The van der Waals surface area contributed by atoms with Crippen LogP contribution < -0.4 is 10.6 Å². The smallest absolute Gasteiger partial charge is 0.236 e. The molecule has 1 saturated carbocycles. The summed E-state index contributed by atoms with van der Waals surface area (Å²) in [5, 5.41) is 12.6. The maximum Gasteiger partial charge on any atom is 0.236 e. The van der Waals surface area contributed by atoms with E-state index in [9.17, 15) is 4.79 Å². The third kappa shape index (κ3) is 1.69. The van der Waals surface area contributed by atoms with Crippen molar-refractivity contribution in [2.45, 2.75) is 25.2 Å². The molecule has 1 fully saturated rings. The van der Waals surface area contributed by atoms with E-state index in [0.717, 1.165) is 18.4 Å². The van der Waals surface area contributed by atoms with Gasteiger partial charge in [-0.15, -0.1) is 0 Å². The highest BCUT2D eigenvalue weighted by molar-refractivity contribution is 6.07. The SMILES string of the molecule is CC#Cc1[nH]ncc1Nc1ncc2c(n1)NC(=O)C21CC1. The average Bonchev–Trinajstić information content (AvgIpc) is 3.09. The maximum atomic E-state index is 12.0. The van der Waals surface area contributed by atoms with Crippen molar-refractivity contribution < 1.29 is 4.79 Å². The first-order valence-electron chi connectivity index (χ1n) is 6.65. The van der Waals surface area contributed by atoms with Gasteiger partial charge in [0.15, 0.2) is 0 Å². The van der Waals surface area contributed by atoms with Crippen molar-refractivity contribution in [2.24, 2.45) is 0 Å². The monoisotopic (exact) mass is 280 g/mol. The Kier molecular flexibility index (Phi) is 2.30. The minimum Gasteiger partial charge on any atom is -0.320 e. The highest BCUT2D eigenvalue weighted by atomic mass is 16.2. The summed E-state index contributed by atoms with van der Waals surface area (Å²) in [5.74, 6) is 6.75. The van der Waals surface area contributed by atoms with Gasteiger partial charge in [0.25, 0.3) is 0 Å². The lowest BCUT2D eigenvalue weighted by atomic mass is 10.0. The number of nitrogens with one attached hydrogen (secondary N) is 3. The molecule has 0 radical (unpaired) electrons. The molecular weight excluding hydrogens is 268 g/mol. The average molecular weight is 280 g/mol. The van der Waals surface area contributed by atoms with E-state index < -0.39 is 0 Å². The minimum atomic E-state index is -0.359. The van der Waals surface area contributed by atoms with Crippen molar-refractivity contribution in [2.75, 3.05) is 10.6 Å². The van der Waals surface area contributed by atoms with E-state index in [2.05, 4.69) is 42.6 Å². The van der Waals surface area contributed by atoms with Crippen molar-refractivity contribution in [3.8, 4) is 11.8 Å². The van der Waals surface area contributed by atoms with Crippen LogP contribution in [0.25, 0.3) is 0 Å². The van der Waals surface area contributed by atoms with Crippen LogP contribution in [-0.4, -0.2) is 26.1 Å². The molecule has 0 aromatic carbocycles. The molecule has 1 spiro atoms. The summed E-state index contributed by atoms with van der Waals surface area (Å²) in [6, 6.07) is 0. The topological polar surface area (TPSA) is 95.6 Å². The lowest BCUT2D eigenvalue weighted by molar-refractivity contribution is -0.117. The van der Waals surface area contributed by atoms with Crippen molar-refractivity contribution in [3.63, 3.8) is 0 Å². The number of hydrogen-bond donors (Lipinski definition) is 3. The molecule has 3 N–H and O–H groups in total. The van der Waals surface area contributed by atoms with Crippen LogP contribution in [0, 0.1) is 11.8 Å². The normalized spacial score (nSPS) is 16.9. The van der Waals surface area contributed by atoms with E-state index in [4.69, 9.17) is 0 Å². The number of hydrogen-bond acceptors (Lipinski definition) is 5. The Morgan fingerprint density at radius 1 is 1.38 bits per heavy atom. The Morgan fingerprint density at radius 2 is 2.24 bits per heavy atom. The maximum absolute atomic E-state index is 12.0. The summed E-state index contributed by atoms with van der Waals surface area (Å²) in [6.45, 7) is 1.75. The molecule has 21 heavy (non-hydrogen) atoms. The number of carbonyl (C=O) groups is 1. The number of rotatable bonds is 2. The predicted octanol–water partition coefficient (Wildman–Crippen LogP) is 1.30. The van der Waals surface area contributed by atoms with Crippen LogP contribution >= 0.6 is 0 Å². The van der Waals surface area contributed by atoms with Gasteiger partial charge >= 0.3 is 0 Å². The molecule has 0 bridgehead atoms. The Morgan fingerprint density at radius 3 is 3.00 bits per heavy atom. The molecule has 7 heteroatoms. The number of anilines is 3. The van der Waals surface area contributed by atoms with E-state index in [0.29, 0.717) is 23.1 Å². The van der Waals surface area contributed by atoms with Gasteiger partial charge in [-0.25, -0.2) is 4.98 Å². The van der Waals surface area contributed by atoms with Gasteiger partial charge in [0.2, 0.25) is 11.9 Å². The number of H-pyrrole nitrogens is 1. The van der Waals surface area contributed by atoms with Gasteiger partial charge in [-0.2, -0.15) is 10.1 Å². The second-order valence-electron chi connectivity index (χ2n) is 5.15. The van der Waals surface area contributed by atoms with Gasteiger partial charge in [0.05, 0.1) is 17.3 Å². The van der Waals surface area contributed by atoms with Gasteiger partial charge in [-0.1, -0.05) is 5.92 Å². The number of aromatic amines is 1. The summed E-state index contributed by atoms with van der Waals surface area (Å²) in [4.78, 5) is 20.6. The lowest BCUT2D eigenvalue weighted by Gasteiger charge is -2.05. The highest BCUT2D eigenvalue weighted by Gasteiger charge is 2.57. The second kappa shape index (κ2) is 4.06. The third-order valence-electron chi connectivity index (χ3n) is 3.86. The third-order valence-corrected chi connectivity index (χ3v) is 3.86. The van der Waals surface area contributed by atoms with Crippen molar-refractivity contribution >= 4 is 23.4 Å². The standard InChI is InChI=1S/C14H12N6O/c1-2-3-9-10(7-16-20-9)17-13-15-6-8-11(19-13)18-12(21)14(8)4-5-14/h6-7H,4-5H2,1H3,(H,16,20)(H2,15,17,18,19,21). The fourth-order valence-corrected chi connectivity index (χ4v) is 2.58. The molecule has 1 amide bonds. The molecule has 2 aliphatic rings. The fourth-order valence-electron chi connectivity index (χ4n) is 2.58. The molecule has 2 aromatic rings. The zero-order valence-corrected chi connectivity index (χ0v) is 11.3. The van der Waals surface area contributed by atoms with Crippen LogP contribution in [0.1, 0.15) is 31.0 Å². The van der Waals surface area contributed by atoms with Gasteiger partial charge in [0, 0.05) is 11.8 Å². The van der Waals surface area contributed by atoms with Crippen LogP contribution in [0.15, 0.2) is 12.4 Å². The first-order chi connectivity index (χ1) is 10.2. The van der Waals surface area contributed by atoms with Gasteiger partial charge in [0.1, 0.15) is 11.5 Å². The summed E-state index contributed by atoms with van der Waals surface area (Å²) in [7, 11) is 0. The molecule has 4 rings (SSSR count). The van der Waals surface area contributed by atoms with Crippen LogP contribution in [0.5, 0.6) is 0 Å². The van der Waals surface area contributed by atoms with E-state index in [1.54, 1.807) is 19.3 Å². The largest absolute Gasteiger partial charge is 0.320 e. The second-order valence-corrected chi connectivity index (χ2v) is 5.15. The molecule has 7 nitrogen and oxygen atoms in total. The highest BCUT2D eigenvalue weighted by Crippen LogP contribution is 2.54. The van der Waals surface area contributed by atoms with Gasteiger partial charge in [-0.05, 0) is 25.7 Å². The number of amides is 1. The molecule has 1 aliphatic heterocycles. The Hall–Kier alpha value is -2.88. The minimum absolute atomic E-state index is 0.0322. The lowest BCUT2D eigenvalue weighted by Crippen LogP contribution is -2.18. The summed E-state index contributed by atoms with van der Waals surface area (Å²) in [6.07, 6.45) is 5.10. The molecule has 3 heterocycles. The van der Waals surface area contributed by atoms with E-state index in [1.807, 2.05) is 0 Å². The van der Waals surface area contributed by atoms with Crippen LogP contribution in [0.3, 0.4) is 0 Å². The Labute approximate surface area is 120 Å². The summed E-state index contributed by atoms with van der Waals surface area (Å²) >= 11 is 0. The predicted molar refractivity (Wildman–Crippen MR) is 76.0 cm³/mol. The van der Waals surface area contributed by atoms with Crippen LogP contribution in [-0.2, 0) is 10.2 Å². The molecular formula is C14H12N6O. The van der Waals surface area contributed by atoms with E-state index in [1.165, 1.54) is 0 Å². The first-order valence-corrected chi connectivity index (χ1v) is 6.65. The summed E-state index contributed by atoms with van der Waals surface area (Å²) < 4.78 is 0. The molecule has 1 aliphatic carbocycles. The number of nitrogens with zero attached hydrogens (tertiary/aromatic N) is 3. The van der Waals surface area contributed by atoms with E-state index >= 15 is 0 Å². The van der Waals surface area contributed by atoms with Gasteiger partial charge in [-0.3, -0.25) is 9.89 Å². The Balaban J connectivity index is 1.66. The zero-order chi connectivity index (χ0) is 14.4. The zero-order valence-electron chi connectivity index (χ0n) is 11.3. The van der Waals surface area contributed by atoms with Crippen molar-refractivity contribution in [1.29, 1.82) is 0 Å². The number of carbonyl (C=O) groups excluding carboxylic acids is 1.